The minimum absolute atomic E-state index is 0.588. The molecule has 1 heterocycles. The lowest BCUT2D eigenvalue weighted by atomic mass is 10.1. The average molecular weight is 381 g/mol. The number of halogens is 3. The molecule has 0 spiro atoms. The molecule has 23 heavy (non-hydrogen) atoms. The zero-order valence-electron chi connectivity index (χ0n) is 12.2. The molecule has 0 bridgehead atoms. The maximum absolute atomic E-state index is 6.33. The van der Waals surface area contributed by atoms with E-state index in [4.69, 9.17) is 39.8 Å². The van der Waals surface area contributed by atoms with Gasteiger partial charge in [-0.05, 0) is 42.7 Å². The number of hydrogen-bond donors (Lipinski definition) is 0. The second-order valence-corrected chi connectivity index (χ2v) is 7.01. The van der Waals surface area contributed by atoms with Gasteiger partial charge in [-0.25, -0.2) is 4.98 Å². The molecule has 0 aliphatic carbocycles. The van der Waals surface area contributed by atoms with Gasteiger partial charge in [-0.3, -0.25) is 0 Å². The third-order valence-electron chi connectivity index (χ3n) is 3.39. The van der Waals surface area contributed by atoms with E-state index in [2.05, 4.69) is 0 Å². The van der Waals surface area contributed by atoms with E-state index in [1.165, 1.54) is 0 Å². The first-order valence-corrected chi connectivity index (χ1v) is 9.21. The zero-order valence-corrected chi connectivity index (χ0v) is 15.3. The van der Waals surface area contributed by atoms with E-state index in [0.29, 0.717) is 15.1 Å². The Morgan fingerprint density at radius 2 is 1.43 bits per heavy atom. The molecule has 0 N–H and O–H groups in total. The molecular formula is C18H12Cl3NS. The second-order valence-electron chi connectivity index (χ2n) is 4.88. The summed E-state index contributed by atoms with van der Waals surface area (Å²) in [4.78, 5) is 5.84. The van der Waals surface area contributed by atoms with Gasteiger partial charge in [0, 0.05) is 21.0 Å². The Morgan fingerprint density at radius 1 is 0.826 bits per heavy atom. The van der Waals surface area contributed by atoms with Crippen molar-refractivity contribution in [3.05, 3.63) is 69.7 Å². The lowest BCUT2D eigenvalue weighted by molar-refractivity contribution is 1.27. The molecule has 0 radical (unpaired) electrons. The third-order valence-corrected chi connectivity index (χ3v) is 4.98. The molecule has 1 aromatic heterocycles. The first-order valence-electron chi connectivity index (χ1n) is 6.85. The van der Waals surface area contributed by atoms with Gasteiger partial charge in [0.1, 0.15) is 0 Å². The van der Waals surface area contributed by atoms with Crippen LogP contribution in [0.5, 0.6) is 0 Å². The first-order chi connectivity index (χ1) is 11.1. The standard InChI is InChI=1S/C18H12Cl3NS/c1-23-13-9-16(11-5-7-12(19)8-6-11)22-17(10-13)18-14(20)3-2-4-15(18)21/h2-10H,1H3. The quantitative estimate of drug-likeness (QED) is 0.449. The lowest BCUT2D eigenvalue weighted by Crippen LogP contribution is -1.91. The van der Waals surface area contributed by atoms with Gasteiger partial charge in [0.25, 0.3) is 0 Å². The fourth-order valence-corrected chi connectivity index (χ4v) is 3.44. The highest BCUT2D eigenvalue weighted by molar-refractivity contribution is 7.98. The van der Waals surface area contributed by atoms with E-state index in [1.54, 1.807) is 11.8 Å². The first kappa shape index (κ1) is 16.7. The molecule has 2 aromatic carbocycles. The summed E-state index contributed by atoms with van der Waals surface area (Å²) < 4.78 is 0. The van der Waals surface area contributed by atoms with Gasteiger partial charge < -0.3 is 0 Å². The number of rotatable bonds is 3. The number of benzene rings is 2. The largest absolute Gasteiger partial charge is 0.248 e. The van der Waals surface area contributed by atoms with Gasteiger partial charge in [0.15, 0.2) is 0 Å². The summed E-state index contributed by atoms with van der Waals surface area (Å²) in [5, 5.41) is 1.87. The van der Waals surface area contributed by atoms with Gasteiger partial charge in [0.05, 0.1) is 21.4 Å². The predicted molar refractivity (Wildman–Crippen MR) is 102 cm³/mol. The van der Waals surface area contributed by atoms with Crippen molar-refractivity contribution in [3.63, 3.8) is 0 Å². The maximum atomic E-state index is 6.33. The zero-order chi connectivity index (χ0) is 16.4. The molecule has 3 aromatic rings. The van der Waals surface area contributed by atoms with Crippen molar-refractivity contribution in [1.82, 2.24) is 4.98 Å². The predicted octanol–water partition coefficient (Wildman–Crippen LogP) is 7.10. The number of hydrogen-bond acceptors (Lipinski definition) is 2. The molecular weight excluding hydrogens is 369 g/mol. The minimum atomic E-state index is 0.588. The normalized spacial score (nSPS) is 10.8. The Hall–Kier alpha value is -1.19. The highest BCUT2D eigenvalue weighted by atomic mass is 35.5. The molecule has 1 nitrogen and oxygen atoms in total. The van der Waals surface area contributed by atoms with Crippen molar-refractivity contribution in [3.8, 4) is 22.5 Å². The molecule has 0 amide bonds. The molecule has 3 rings (SSSR count). The van der Waals surface area contributed by atoms with Gasteiger partial charge in [-0.2, -0.15) is 0 Å². The lowest BCUT2D eigenvalue weighted by Gasteiger charge is -2.11. The second kappa shape index (κ2) is 7.14. The van der Waals surface area contributed by atoms with Crippen LogP contribution in [0.1, 0.15) is 0 Å². The van der Waals surface area contributed by atoms with Crippen molar-refractivity contribution in [2.75, 3.05) is 6.26 Å². The van der Waals surface area contributed by atoms with E-state index >= 15 is 0 Å². The molecule has 0 atom stereocenters. The van der Waals surface area contributed by atoms with Crippen molar-refractivity contribution in [2.45, 2.75) is 4.90 Å². The van der Waals surface area contributed by atoms with Gasteiger partial charge in [-0.1, -0.05) is 53.0 Å². The van der Waals surface area contributed by atoms with Gasteiger partial charge in [0.2, 0.25) is 0 Å². The Labute approximate surface area is 154 Å². The summed E-state index contributed by atoms with van der Waals surface area (Å²) in [7, 11) is 0. The van der Waals surface area contributed by atoms with E-state index in [-0.39, 0.29) is 0 Å². The summed E-state index contributed by atoms with van der Waals surface area (Å²) in [5.41, 5.74) is 3.37. The number of nitrogens with zero attached hydrogens (tertiary/aromatic N) is 1. The smallest absolute Gasteiger partial charge is 0.0750 e. The molecule has 0 saturated heterocycles. The van der Waals surface area contributed by atoms with Crippen LogP contribution in [0, 0.1) is 0 Å². The van der Waals surface area contributed by atoms with Crippen LogP contribution in [0.3, 0.4) is 0 Å². The number of aromatic nitrogens is 1. The van der Waals surface area contributed by atoms with Gasteiger partial charge in [-0.15, -0.1) is 11.8 Å². The molecule has 0 saturated carbocycles. The van der Waals surface area contributed by atoms with E-state index in [1.807, 2.05) is 60.9 Å². The Kier molecular flexibility index (Phi) is 5.17. The van der Waals surface area contributed by atoms with E-state index in [0.717, 1.165) is 27.4 Å². The molecule has 0 unspecified atom stereocenters. The minimum Gasteiger partial charge on any atom is -0.248 e. The Balaban J connectivity index is 2.19. The van der Waals surface area contributed by atoms with Crippen LogP contribution < -0.4 is 0 Å². The summed E-state index contributed by atoms with van der Waals surface area (Å²) >= 11 is 20.3. The van der Waals surface area contributed by atoms with Crippen molar-refractivity contribution < 1.29 is 0 Å². The fraction of sp³-hybridized carbons (Fsp3) is 0.0556. The van der Waals surface area contributed by atoms with Crippen molar-refractivity contribution >= 4 is 46.6 Å². The van der Waals surface area contributed by atoms with Crippen LogP contribution >= 0.6 is 46.6 Å². The SMILES string of the molecule is CSc1cc(-c2ccc(Cl)cc2)nc(-c2c(Cl)cccc2Cl)c1. The summed E-state index contributed by atoms with van der Waals surface area (Å²) in [6.07, 6.45) is 2.03. The van der Waals surface area contributed by atoms with E-state index < -0.39 is 0 Å². The van der Waals surface area contributed by atoms with Crippen LogP contribution in [0.4, 0.5) is 0 Å². The number of thioether (sulfide) groups is 1. The third kappa shape index (κ3) is 3.67. The monoisotopic (exact) mass is 379 g/mol. The molecule has 0 aliphatic heterocycles. The maximum Gasteiger partial charge on any atom is 0.0750 e. The highest BCUT2D eigenvalue weighted by Gasteiger charge is 2.13. The van der Waals surface area contributed by atoms with Crippen LogP contribution in [-0.2, 0) is 0 Å². The average Bonchev–Trinajstić information content (AvgIpc) is 2.55. The summed E-state index contributed by atoms with van der Waals surface area (Å²) in [5.74, 6) is 0. The highest BCUT2D eigenvalue weighted by Crippen LogP contribution is 2.36. The van der Waals surface area contributed by atoms with Gasteiger partial charge >= 0.3 is 0 Å². The van der Waals surface area contributed by atoms with Crippen LogP contribution in [-0.4, -0.2) is 11.2 Å². The molecule has 116 valence electrons. The van der Waals surface area contributed by atoms with Crippen molar-refractivity contribution in [2.24, 2.45) is 0 Å². The topological polar surface area (TPSA) is 12.9 Å². The number of pyridine rings is 1. The Bertz CT molecular complexity index is 827. The van der Waals surface area contributed by atoms with Crippen LogP contribution in [0.15, 0.2) is 59.5 Å². The molecule has 0 fully saturated rings. The molecule has 5 heteroatoms. The van der Waals surface area contributed by atoms with E-state index in [9.17, 15) is 0 Å². The van der Waals surface area contributed by atoms with Crippen LogP contribution in [0.2, 0.25) is 15.1 Å². The fourth-order valence-electron chi connectivity index (χ4n) is 2.26. The summed E-state index contributed by atoms with van der Waals surface area (Å²) in [6, 6.07) is 17.1. The van der Waals surface area contributed by atoms with Crippen molar-refractivity contribution in [1.29, 1.82) is 0 Å². The Morgan fingerprint density at radius 3 is 2.04 bits per heavy atom. The van der Waals surface area contributed by atoms with Crippen LogP contribution in [0.25, 0.3) is 22.5 Å². The molecule has 0 aliphatic rings. The summed E-state index contributed by atoms with van der Waals surface area (Å²) in [6.45, 7) is 0.